The lowest BCUT2D eigenvalue weighted by atomic mass is 9.83. The van der Waals surface area contributed by atoms with Crippen molar-refractivity contribution < 1.29 is 23.7 Å². The number of ether oxygens (including phenoxy) is 4. The summed E-state index contributed by atoms with van der Waals surface area (Å²) in [5, 5.41) is 0. The van der Waals surface area contributed by atoms with Crippen molar-refractivity contribution in [3.8, 4) is 17.2 Å². The van der Waals surface area contributed by atoms with E-state index in [4.69, 9.17) is 24.7 Å². The van der Waals surface area contributed by atoms with Crippen molar-refractivity contribution >= 4 is 5.97 Å². The highest BCUT2D eigenvalue weighted by molar-refractivity contribution is 5.75. The third-order valence-electron chi connectivity index (χ3n) is 4.45. The van der Waals surface area contributed by atoms with Gasteiger partial charge in [0.15, 0.2) is 11.5 Å². The van der Waals surface area contributed by atoms with Crippen LogP contribution in [0.2, 0.25) is 0 Å². The van der Waals surface area contributed by atoms with Crippen molar-refractivity contribution in [2.75, 3.05) is 26.9 Å². The second-order valence-electron chi connectivity index (χ2n) is 6.23. The molecule has 0 aliphatic rings. The highest BCUT2D eigenvalue weighted by Gasteiger charge is 2.28. The van der Waals surface area contributed by atoms with Gasteiger partial charge in [-0.15, -0.1) is 0 Å². The fourth-order valence-electron chi connectivity index (χ4n) is 2.97. The number of hydrogen-bond donors (Lipinski definition) is 1. The molecule has 0 heterocycles. The molecule has 1 rings (SSSR count). The van der Waals surface area contributed by atoms with Crippen LogP contribution in [0.15, 0.2) is 12.1 Å². The predicted octanol–water partition coefficient (Wildman–Crippen LogP) is 3.51. The van der Waals surface area contributed by atoms with Gasteiger partial charge in [0.1, 0.15) is 11.8 Å². The summed E-state index contributed by atoms with van der Waals surface area (Å²) in [4.78, 5) is 11.7. The van der Waals surface area contributed by atoms with Gasteiger partial charge in [-0.2, -0.15) is 0 Å². The number of rotatable bonds is 11. The highest BCUT2D eigenvalue weighted by Crippen LogP contribution is 2.45. The third kappa shape index (κ3) is 5.53. The molecule has 0 aliphatic heterocycles. The predicted molar refractivity (Wildman–Crippen MR) is 102 cm³/mol. The summed E-state index contributed by atoms with van der Waals surface area (Å²) in [5.74, 6) is 1.93. The molecule has 0 fully saturated rings. The zero-order valence-electron chi connectivity index (χ0n) is 16.8. The Bertz CT molecular complexity index is 576. The van der Waals surface area contributed by atoms with Crippen LogP contribution in [0.3, 0.4) is 0 Å². The number of methoxy groups -OCH3 is 1. The Kier molecular flexibility index (Phi) is 9.27. The molecule has 26 heavy (non-hydrogen) atoms. The van der Waals surface area contributed by atoms with E-state index in [1.165, 1.54) is 7.11 Å². The van der Waals surface area contributed by atoms with Gasteiger partial charge in [-0.1, -0.05) is 13.8 Å². The largest absolute Gasteiger partial charge is 0.493 e. The first-order valence-electron chi connectivity index (χ1n) is 9.29. The molecule has 0 saturated heterocycles. The molecule has 6 heteroatoms. The third-order valence-corrected chi connectivity index (χ3v) is 4.45. The molecule has 3 atom stereocenters. The number of hydrogen-bond acceptors (Lipinski definition) is 6. The Balaban J connectivity index is 3.26. The molecule has 3 unspecified atom stereocenters. The Morgan fingerprint density at radius 2 is 1.54 bits per heavy atom. The first-order valence-corrected chi connectivity index (χ1v) is 9.29. The Morgan fingerprint density at radius 3 is 2.08 bits per heavy atom. The second-order valence-corrected chi connectivity index (χ2v) is 6.23. The summed E-state index contributed by atoms with van der Waals surface area (Å²) in [6.45, 7) is 11.6. The van der Waals surface area contributed by atoms with E-state index in [2.05, 4.69) is 13.8 Å². The number of carbonyl (C=O) groups excluding carboxylic acids is 1. The molecule has 0 bridgehead atoms. The van der Waals surface area contributed by atoms with Gasteiger partial charge in [0.05, 0.1) is 26.9 Å². The zero-order valence-corrected chi connectivity index (χ0v) is 16.8. The monoisotopic (exact) mass is 367 g/mol. The van der Waals surface area contributed by atoms with Crippen molar-refractivity contribution in [2.45, 2.75) is 53.0 Å². The van der Waals surface area contributed by atoms with Crippen molar-refractivity contribution in [1.82, 2.24) is 0 Å². The topological polar surface area (TPSA) is 80.0 Å². The summed E-state index contributed by atoms with van der Waals surface area (Å²) in [7, 11) is 1.35. The normalized spacial score (nSPS) is 14.3. The van der Waals surface area contributed by atoms with Crippen molar-refractivity contribution in [1.29, 1.82) is 0 Å². The number of nitrogens with two attached hydrogens (primary N) is 1. The molecule has 6 nitrogen and oxygen atoms in total. The van der Waals surface area contributed by atoms with Crippen LogP contribution in [0.1, 0.15) is 52.5 Å². The first-order chi connectivity index (χ1) is 12.4. The van der Waals surface area contributed by atoms with E-state index < -0.39 is 12.0 Å². The van der Waals surface area contributed by atoms with Crippen LogP contribution in [-0.4, -0.2) is 38.9 Å². The minimum Gasteiger partial charge on any atom is -0.493 e. The summed E-state index contributed by atoms with van der Waals surface area (Å²) in [6, 6.07) is 3.13. The number of carbonyl (C=O) groups is 1. The van der Waals surface area contributed by atoms with Gasteiger partial charge in [0.25, 0.3) is 0 Å². The number of benzene rings is 1. The average Bonchev–Trinajstić information content (AvgIpc) is 2.63. The summed E-state index contributed by atoms with van der Waals surface area (Å²) >= 11 is 0. The molecule has 0 radical (unpaired) electrons. The molecule has 148 valence electrons. The summed E-state index contributed by atoms with van der Waals surface area (Å²) < 4.78 is 22.3. The van der Waals surface area contributed by atoms with Gasteiger partial charge in [-0.05, 0) is 51.2 Å². The molecule has 0 amide bonds. The maximum Gasteiger partial charge on any atom is 0.322 e. The Hall–Kier alpha value is -1.95. The van der Waals surface area contributed by atoms with Crippen molar-refractivity contribution in [2.24, 2.45) is 11.7 Å². The minimum absolute atomic E-state index is 0.0502. The molecule has 1 aromatic carbocycles. The Labute approximate surface area is 156 Å². The van der Waals surface area contributed by atoms with Gasteiger partial charge in [0, 0.05) is 5.56 Å². The number of esters is 1. The molecule has 1 aromatic rings. The van der Waals surface area contributed by atoms with Crippen molar-refractivity contribution in [3.05, 3.63) is 17.7 Å². The SMILES string of the molecule is CCOc1ccc(OCC)c(C(C)C(C)CC(N)C(=O)OC)c1OCC. The fraction of sp³-hybridized carbons (Fsp3) is 0.650. The van der Waals surface area contributed by atoms with Crippen LogP contribution in [-0.2, 0) is 9.53 Å². The van der Waals surface area contributed by atoms with Crippen LogP contribution in [0.25, 0.3) is 0 Å². The van der Waals surface area contributed by atoms with Gasteiger partial charge < -0.3 is 24.7 Å². The molecular formula is C20H33NO5. The first kappa shape index (κ1) is 22.1. The van der Waals surface area contributed by atoms with Gasteiger partial charge >= 0.3 is 5.97 Å². The van der Waals surface area contributed by atoms with Crippen molar-refractivity contribution in [3.63, 3.8) is 0 Å². The maximum atomic E-state index is 11.7. The lowest BCUT2D eigenvalue weighted by molar-refractivity contribution is -0.142. The molecular weight excluding hydrogens is 334 g/mol. The molecule has 2 N–H and O–H groups in total. The van der Waals surface area contributed by atoms with E-state index in [1.807, 2.05) is 32.9 Å². The molecule has 0 saturated carbocycles. The minimum atomic E-state index is -0.654. The molecule has 0 spiro atoms. The lowest BCUT2D eigenvalue weighted by Crippen LogP contribution is -2.34. The van der Waals surface area contributed by atoms with Crippen LogP contribution < -0.4 is 19.9 Å². The van der Waals surface area contributed by atoms with Gasteiger partial charge in [-0.3, -0.25) is 4.79 Å². The standard InChI is InChI=1S/C20H33NO5/c1-7-24-16-10-11-17(25-8-2)19(26-9-3)18(16)14(5)13(4)12-15(21)20(22)23-6/h10-11,13-15H,7-9,12,21H2,1-6H3. The zero-order chi connectivity index (χ0) is 19.7. The summed E-state index contributed by atoms with van der Waals surface area (Å²) in [6.07, 6.45) is 0.504. The van der Waals surface area contributed by atoms with E-state index in [0.29, 0.717) is 37.7 Å². The van der Waals surface area contributed by atoms with E-state index in [0.717, 1.165) is 11.3 Å². The van der Waals surface area contributed by atoms with E-state index >= 15 is 0 Å². The molecule has 0 aliphatic carbocycles. The highest BCUT2D eigenvalue weighted by atomic mass is 16.5. The van der Waals surface area contributed by atoms with E-state index in [1.54, 1.807) is 0 Å². The van der Waals surface area contributed by atoms with E-state index in [-0.39, 0.29) is 11.8 Å². The van der Waals surface area contributed by atoms with Crippen LogP contribution in [0.4, 0.5) is 0 Å². The van der Waals surface area contributed by atoms with Gasteiger partial charge in [0.2, 0.25) is 0 Å². The van der Waals surface area contributed by atoms with Crippen LogP contribution in [0.5, 0.6) is 17.2 Å². The van der Waals surface area contributed by atoms with E-state index in [9.17, 15) is 4.79 Å². The molecule has 0 aromatic heterocycles. The fourth-order valence-corrected chi connectivity index (χ4v) is 2.97. The lowest BCUT2D eigenvalue weighted by Gasteiger charge is -2.27. The van der Waals surface area contributed by atoms with Crippen LogP contribution in [0, 0.1) is 5.92 Å². The second kappa shape index (κ2) is 10.9. The maximum absolute atomic E-state index is 11.7. The van der Waals surface area contributed by atoms with Gasteiger partial charge in [-0.25, -0.2) is 0 Å². The smallest absolute Gasteiger partial charge is 0.322 e. The Morgan fingerprint density at radius 1 is 1.00 bits per heavy atom. The van der Waals surface area contributed by atoms with Crippen LogP contribution >= 0.6 is 0 Å². The average molecular weight is 367 g/mol. The summed E-state index contributed by atoms with van der Waals surface area (Å²) in [5.41, 5.74) is 6.90. The quantitative estimate of drug-likeness (QED) is 0.603.